The van der Waals surface area contributed by atoms with Crippen LogP contribution in [0.2, 0.25) is 0 Å². The lowest BCUT2D eigenvalue weighted by atomic mass is 9.89. The fraction of sp³-hybridized carbons (Fsp3) is 0.846. The van der Waals surface area contributed by atoms with Gasteiger partial charge in [-0.2, -0.15) is 0 Å². The Morgan fingerprint density at radius 3 is 2.72 bits per heavy atom. The zero-order chi connectivity index (χ0) is 12.7. The van der Waals surface area contributed by atoms with Crippen molar-refractivity contribution in [3.8, 4) is 0 Å². The quantitative estimate of drug-likeness (QED) is 0.765. The summed E-state index contributed by atoms with van der Waals surface area (Å²) in [6.45, 7) is 1.93. The summed E-state index contributed by atoms with van der Waals surface area (Å²) in [5.74, 6) is -0.433. The van der Waals surface area contributed by atoms with Gasteiger partial charge >= 0.3 is 5.97 Å². The minimum Gasteiger partial charge on any atom is -0.481 e. The van der Waals surface area contributed by atoms with Crippen LogP contribution in [-0.4, -0.2) is 47.1 Å². The summed E-state index contributed by atoms with van der Waals surface area (Å²) in [6, 6.07) is 0.160. The molecule has 0 aromatic carbocycles. The molecule has 100 valence electrons. The van der Waals surface area contributed by atoms with E-state index in [1.807, 2.05) is 4.90 Å². The lowest BCUT2D eigenvalue weighted by Crippen LogP contribution is -2.38. The number of carbonyl (C=O) groups excluding carboxylic acids is 1. The Morgan fingerprint density at radius 1 is 1.28 bits per heavy atom. The average Bonchev–Trinajstić information content (AvgIpc) is 3.02. The number of carboxylic acid groups (broad SMARTS) is 1. The first-order valence-corrected chi connectivity index (χ1v) is 6.91. The zero-order valence-corrected chi connectivity index (χ0v) is 10.5. The van der Waals surface area contributed by atoms with Gasteiger partial charge in [-0.3, -0.25) is 9.59 Å². The van der Waals surface area contributed by atoms with E-state index in [1.165, 1.54) is 0 Å². The lowest BCUT2D eigenvalue weighted by Gasteiger charge is -2.24. The SMILES string of the molecule is O=C(O)C1CC2CCC1N2C(=O)CC1CCNC1. The second-order valence-corrected chi connectivity index (χ2v) is 5.84. The molecule has 3 aliphatic heterocycles. The first kappa shape index (κ1) is 12.0. The van der Waals surface area contributed by atoms with Crippen LogP contribution in [-0.2, 0) is 9.59 Å². The number of aliphatic carboxylic acids is 1. The standard InChI is InChI=1S/C13H20N2O3/c16-12(5-8-3-4-14-7-8)15-9-1-2-11(15)10(6-9)13(17)18/h8-11,14H,1-7H2,(H,17,18). The van der Waals surface area contributed by atoms with Crippen LogP contribution in [0, 0.1) is 11.8 Å². The van der Waals surface area contributed by atoms with E-state index in [0.29, 0.717) is 18.8 Å². The Balaban J connectivity index is 1.65. The molecule has 3 fully saturated rings. The number of amides is 1. The Hall–Kier alpha value is -1.10. The van der Waals surface area contributed by atoms with Gasteiger partial charge in [-0.1, -0.05) is 0 Å². The van der Waals surface area contributed by atoms with E-state index < -0.39 is 5.97 Å². The van der Waals surface area contributed by atoms with Gasteiger partial charge < -0.3 is 15.3 Å². The van der Waals surface area contributed by atoms with Crippen LogP contribution in [0.1, 0.15) is 32.1 Å². The molecular formula is C13H20N2O3. The molecule has 3 saturated heterocycles. The number of rotatable bonds is 3. The molecule has 5 heteroatoms. The molecule has 0 radical (unpaired) electrons. The molecule has 3 heterocycles. The Labute approximate surface area is 107 Å². The molecule has 0 aliphatic carbocycles. The highest BCUT2D eigenvalue weighted by molar-refractivity contribution is 5.80. The average molecular weight is 252 g/mol. The molecule has 4 atom stereocenters. The maximum Gasteiger partial charge on any atom is 0.308 e. The second-order valence-electron chi connectivity index (χ2n) is 5.84. The fourth-order valence-electron chi connectivity index (χ4n) is 3.88. The number of carboxylic acids is 1. The number of hydrogen-bond donors (Lipinski definition) is 2. The molecule has 18 heavy (non-hydrogen) atoms. The minimum atomic E-state index is -0.734. The van der Waals surface area contributed by atoms with Crippen molar-refractivity contribution in [2.75, 3.05) is 13.1 Å². The van der Waals surface area contributed by atoms with E-state index in [1.54, 1.807) is 0 Å². The largest absolute Gasteiger partial charge is 0.481 e. The predicted octanol–water partition coefficient (Wildman–Crippen LogP) is 0.450. The number of nitrogens with one attached hydrogen (secondary N) is 1. The van der Waals surface area contributed by atoms with Gasteiger partial charge in [0.2, 0.25) is 5.91 Å². The lowest BCUT2D eigenvalue weighted by molar-refractivity contribution is -0.143. The van der Waals surface area contributed by atoms with Crippen LogP contribution in [0.3, 0.4) is 0 Å². The van der Waals surface area contributed by atoms with Crippen molar-refractivity contribution in [1.82, 2.24) is 10.2 Å². The van der Waals surface area contributed by atoms with Crippen molar-refractivity contribution in [3.63, 3.8) is 0 Å². The van der Waals surface area contributed by atoms with Gasteiger partial charge in [0.25, 0.3) is 0 Å². The Kier molecular flexibility index (Phi) is 3.01. The van der Waals surface area contributed by atoms with Crippen molar-refractivity contribution in [2.24, 2.45) is 11.8 Å². The molecule has 3 rings (SSSR count). The molecule has 0 aromatic rings. The van der Waals surface area contributed by atoms with Crippen LogP contribution in [0.4, 0.5) is 0 Å². The molecule has 3 aliphatic rings. The minimum absolute atomic E-state index is 0.0330. The maximum atomic E-state index is 12.3. The van der Waals surface area contributed by atoms with Gasteiger partial charge in [0, 0.05) is 18.5 Å². The third-order valence-corrected chi connectivity index (χ3v) is 4.77. The van der Waals surface area contributed by atoms with Crippen molar-refractivity contribution >= 4 is 11.9 Å². The second kappa shape index (κ2) is 4.53. The van der Waals surface area contributed by atoms with Gasteiger partial charge in [0.15, 0.2) is 0 Å². The van der Waals surface area contributed by atoms with E-state index in [9.17, 15) is 14.7 Å². The molecule has 2 N–H and O–H groups in total. The van der Waals surface area contributed by atoms with E-state index >= 15 is 0 Å². The van der Waals surface area contributed by atoms with E-state index in [-0.39, 0.29) is 23.9 Å². The molecule has 0 spiro atoms. The zero-order valence-electron chi connectivity index (χ0n) is 10.5. The molecule has 2 bridgehead atoms. The fourth-order valence-corrected chi connectivity index (χ4v) is 3.88. The first-order chi connectivity index (χ1) is 8.66. The monoisotopic (exact) mass is 252 g/mol. The maximum absolute atomic E-state index is 12.3. The van der Waals surface area contributed by atoms with Gasteiger partial charge in [0.1, 0.15) is 0 Å². The van der Waals surface area contributed by atoms with Gasteiger partial charge in [-0.05, 0) is 44.7 Å². The predicted molar refractivity (Wildman–Crippen MR) is 65.0 cm³/mol. The Morgan fingerprint density at radius 2 is 2.11 bits per heavy atom. The van der Waals surface area contributed by atoms with Crippen LogP contribution >= 0.6 is 0 Å². The number of nitrogens with zero attached hydrogens (tertiary/aromatic N) is 1. The highest BCUT2D eigenvalue weighted by Gasteiger charge is 2.51. The summed E-state index contributed by atoms with van der Waals surface area (Å²) in [5.41, 5.74) is 0. The van der Waals surface area contributed by atoms with Crippen molar-refractivity contribution < 1.29 is 14.7 Å². The summed E-state index contributed by atoms with van der Waals surface area (Å²) in [6.07, 6.45) is 4.18. The first-order valence-electron chi connectivity index (χ1n) is 6.91. The third kappa shape index (κ3) is 1.90. The topological polar surface area (TPSA) is 69.6 Å². The molecule has 4 unspecified atom stereocenters. The Bertz CT molecular complexity index is 365. The highest BCUT2D eigenvalue weighted by atomic mass is 16.4. The van der Waals surface area contributed by atoms with Crippen LogP contribution in [0.5, 0.6) is 0 Å². The number of fused-ring (bicyclic) bond motifs is 2. The van der Waals surface area contributed by atoms with Crippen LogP contribution in [0.25, 0.3) is 0 Å². The third-order valence-electron chi connectivity index (χ3n) is 4.77. The smallest absolute Gasteiger partial charge is 0.308 e. The van der Waals surface area contributed by atoms with Gasteiger partial charge in [-0.15, -0.1) is 0 Å². The van der Waals surface area contributed by atoms with Crippen LogP contribution in [0.15, 0.2) is 0 Å². The van der Waals surface area contributed by atoms with Crippen molar-refractivity contribution in [3.05, 3.63) is 0 Å². The molecule has 0 saturated carbocycles. The molecule has 1 amide bonds. The summed E-state index contributed by atoms with van der Waals surface area (Å²) in [7, 11) is 0. The van der Waals surface area contributed by atoms with E-state index in [0.717, 1.165) is 32.4 Å². The molecular weight excluding hydrogens is 232 g/mol. The molecule has 5 nitrogen and oxygen atoms in total. The normalized spacial score (nSPS) is 38.3. The van der Waals surface area contributed by atoms with Crippen molar-refractivity contribution in [2.45, 2.75) is 44.2 Å². The molecule has 0 aromatic heterocycles. The van der Waals surface area contributed by atoms with E-state index in [2.05, 4.69) is 5.32 Å². The van der Waals surface area contributed by atoms with Gasteiger partial charge in [-0.25, -0.2) is 0 Å². The summed E-state index contributed by atoms with van der Waals surface area (Å²) in [5, 5.41) is 12.4. The summed E-state index contributed by atoms with van der Waals surface area (Å²) < 4.78 is 0. The number of hydrogen-bond acceptors (Lipinski definition) is 3. The number of carbonyl (C=O) groups is 2. The highest BCUT2D eigenvalue weighted by Crippen LogP contribution is 2.42. The van der Waals surface area contributed by atoms with Gasteiger partial charge in [0.05, 0.1) is 5.92 Å². The van der Waals surface area contributed by atoms with E-state index in [4.69, 9.17) is 0 Å². The van der Waals surface area contributed by atoms with Crippen LogP contribution < -0.4 is 5.32 Å². The van der Waals surface area contributed by atoms with Crippen molar-refractivity contribution in [1.29, 1.82) is 0 Å². The summed E-state index contributed by atoms with van der Waals surface area (Å²) in [4.78, 5) is 25.4. The summed E-state index contributed by atoms with van der Waals surface area (Å²) >= 11 is 0.